The fraction of sp³-hybridized carbons (Fsp3) is 0.273. The van der Waals surface area contributed by atoms with Crippen molar-refractivity contribution >= 4 is 5.97 Å². The van der Waals surface area contributed by atoms with Crippen LogP contribution in [0.4, 0.5) is 13.2 Å². The van der Waals surface area contributed by atoms with Gasteiger partial charge in [0.2, 0.25) is 0 Å². The highest BCUT2D eigenvalue weighted by molar-refractivity contribution is 5.93. The van der Waals surface area contributed by atoms with Crippen LogP contribution in [-0.4, -0.2) is 19.3 Å². The van der Waals surface area contributed by atoms with Gasteiger partial charge in [0.15, 0.2) is 0 Å². The predicted molar refractivity (Wildman–Crippen MR) is 51.5 cm³/mol. The molecular formula is C11H9F3O2. The monoisotopic (exact) mass is 230 g/mol. The summed E-state index contributed by atoms with van der Waals surface area (Å²) in [5.41, 5.74) is 1.06. The highest BCUT2D eigenvalue weighted by Gasteiger charge is 2.38. The summed E-state index contributed by atoms with van der Waals surface area (Å²) in [7, 11) is 1.04. The summed E-state index contributed by atoms with van der Waals surface area (Å²) in [6, 6.07) is 0. The smallest absolute Gasteiger partial charge is 0.417 e. The Morgan fingerprint density at radius 2 is 2.19 bits per heavy atom. The maximum absolute atomic E-state index is 12.6. The Morgan fingerprint density at radius 3 is 2.75 bits per heavy atom. The van der Waals surface area contributed by atoms with Crippen molar-refractivity contribution in [1.29, 1.82) is 0 Å². The third kappa shape index (κ3) is 2.87. The number of methoxy groups -OCH3 is 1. The number of ether oxygens (including phenoxy) is 1. The van der Waals surface area contributed by atoms with E-state index in [1.54, 1.807) is 0 Å². The van der Waals surface area contributed by atoms with E-state index in [9.17, 15) is 18.0 Å². The number of carbonyl (C=O) groups is 1. The topological polar surface area (TPSA) is 26.3 Å². The lowest BCUT2D eigenvalue weighted by Crippen LogP contribution is -2.19. The molecule has 0 saturated heterocycles. The zero-order valence-corrected chi connectivity index (χ0v) is 8.47. The Hall–Kier alpha value is -1.74. The van der Waals surface area contributed by atoms with Gasteiger partial charge in [-0.2, -0.15) is 13.2 Å². The lowest BCUT2D eigenvalue weighted by molar-refractivity contribution is -0.137. The van der Waals surface area contributed by atoms with Crippen molar-refractivity contribution in [2.45, 2.75) is 12.6 Å². The van der Waals surface area contributed by atoms with Crippen LogP contribution in [-0.2, 0) is 9.53 Å². The molecule has 0 aromatic rings. The van der Waals surface area contributed by atoms with Crippen LogP contribution < -0.4 is 0 Å². The second-order valence-electron chi connectivity index (χ2n) is 2.96. The Morgan fingerprint density at radius 1 is 1.50 bits per heavy atom. The number of esters is 1. The van der Waals surface area contributed by atoms with E-state index in [1.165, 1.54) is 12.2 Å². The predicted octanol–water partition coefficient (Wildman–Crippen LogP) is 2.69. The minimum Gasteiger partial charge on any atom is -0.465 e. The Balaban J connectivity index is 3.22. The van der Waals surface area contributed by atoms with Crippen LogP contribution in [0.1, 0.15) is 6.42 Å². The van der Waals surface area contributed by atoms with Gasteiger partial charge in [-0.1, -0.05) is 6.08 Å². The van der Waals surface area contributed by atoms with E-state index < -0.39 is 23.3 Å². The van der Waals surface area contributed by atoms with Crippen molar-refractivity contribution < 1.29 is 22.7 Å². The molecule has 16 heavy (non-hydrogen) atoms. The molecule has 1 aliphatic rings. The minimum absolute atomic E-state index is 0.203. The lowest BCUT2D eigenvalue weighted by Gasteiger charge is -2.13. The number of allylic oxidation sites excluding steroid dienone is 3. The molecule has 1 aliphatic carbocycles. The zero-order valence-electron chi connectivity index (χ0n) is 8.47. The van der Waals surface area contributed by atoms with Crippen molar-refractivity contribution in [1.82, 2.24) is 0 Å². The van der Waals surface area contributed by atoms with Crippen molar-refractivity contribution in [2.24, 2.45) is 0 Å². The standard InChI is InChI=1S/C11H9F3O2/c1-16-10(15)8-6-4-2-3-5-7-9(8)11(12,13)14/h2,5-7H,4H2,1H3. The molecule has 0 aromatic heterocycles. The normalized spacial score (nSPS) is 16.0. The molecule has 0 N–H and O–H groups in total. The molecule has 0 atom stereocenters. The number of alkyl halides is 3. The summed E-state index contributed by atoms with van der Waals surface area (Å²) in [6.45, 7) is 0. The quantitative estimate of drug-likeness (QED) is 0.511. The van der Waals surface area contributed by atoms with Crippen LogP contribution in [0.25, 0.3) is 0 Å². The molecule has 0 radical (unpaired) electrons. The fourth-order valence-electron chi connectivity index (χ4n) is 1.19. The van der Waals surface area contributed by atoms with E-state index in [4.69, 9.17) is 0 Å². The van der Waals surface area contributed by atoms with Gasteiger partial charge >= 0.3 is 12.1 Å². The molecule has 0 aromatic carbocycles. The van der Waals surface area contributed by atoms with Crippen LogP contribution >= 0.6 is 0 Å². The molecule has 1 rings (SSSR count). The molecule has 5 heteroatoms. The summed E-state index contributed by atoms with van der Waals surface area (Å²) in [4.78, 5) is 11.2. The van der Waals surface area contributed by atoms with Crippen molar-refractivity contribution in [3.8, 4) is 0 Å². The van der Waals surface area contributed by atoms with Gasteiger partial charge in [-0.05, 0) is 24.6 Å². The van der Waals surface area contributed by atoms with Crippen molar-refractivity contribution in [3.05, 3.63) is 41.2 Å². The summed E-state index contributed by atoms with van der Waals surface area (Å²) in [5, 5.41) is 0. The molecule has 0 bridgehead atoms. The number of rotatable bonds is 1. The van der Waals surface area contributed by atoms with Gasteiger partial charge in [0.05, 0.1) is 18.3 Å². The Kier molecular flexibility index (Phi) is 3.74. The van der Waals surface area contributed by atoms with Gasteiger partial charge < -0.3 is 4.74 Å². The third-order valence-corrected chi connectivity index (χ3v) is 1.90. The molecular weight excluding hydrogens is 221 g/mol. The molecule has 0 amide bonds. The highest BCUT2D eigenvalue weighted by Crippen LogP contribution is 2.32. The molecule has 0 heterocycles. The first kappa shape index (κ1) is 12.3. The summed E-state index contributed by atoms with van der Waals surface area (Å²) >= 11 is 0. The fourth-order valence-corrected chi connectivity index (χ4v) is 1.19. The molecule has 0 spiro atoms. The van der Waals surface area contributed by atoms with E-state index >= 15 is 0 Å². The first-order valence-electron chi connectivity index (χ1n) is 4.44. The van der Waals surface area contributed by atoms with Crippen LogP contribution in [0.2, 0.25) is 0 Å². The number of halogens is 3. The summed E-state index contributed by atoms with van der Waals surface area (Å²) < 4.78 is 42.2. The van der Waals surface area contributed by atoms with Gasteiger partial charge in [-0.25, -0.2) is 4.79 Å². The van der Waals surface area contributed by atoms with E-state index in [-0.39, 0.29) is 6.42 Å². The van der Waals surface area contributed by atoms with Crippen LogP contribution in [0.5, 0.6) is 0 Å². The van der Waals surface area contributed by atoms with E-state index in [1.807, 2.05) is 0 Å². The maximum Gasteiger partial charge on any atom is 0.417 e. The average Bonchev–Trinajstić information content (AvgIpc) is 2.14. The molecule has 0 unspecified atom stereocenters. The SMILES string of the molecule is COC(=O)C1=CCC=C=CC=C1C(F)(F)F. The second-order valence-corrected chi connectivity index (χ2v) is 2.96. The van der Waals surface area contributed by atoms with Gasteiger partial charge in [0, 0.05) is 0 Å². The number of hydrogen-bond donors (Lipinski definition) is 0. The van der Waals surface area contributed by atoms with Crippen molar-refractivity contribution in [3.63, 3.8) is 0 Å². The Labute approximate surface area is 90.4 Å². The Bertz CT molecular complexity index is 407. The van der Waals surface area contributed by atoms with Gasteiger partial charge in [0.1, 0.15) is 0 Å². The third-order valence-electron chi connectivity index (χ3n) is 1.90. The first-order valence-corrected chi connectivity index (χ1v) is 4.44. The van der Waals surface area contributed by atoms with Crippen LogP contribution in [0, 0.1) is 0 Å². The number of carbonyl (C=O) groups excluding carboxylic acids is 1. The largest absolute Gasteiger partial charge is 0.465 e. The summed E-state index contributed by atoms with van der Waals surface area (Å²) in [5.74, 6) is -0.993. The first-order chi connectivity index (χ1) is 7.46. The molecule has 0 fully saturated rings. The number of hydrogen-bond acceptors (Lipinski definition) is 2. The highest BCUT2D eigenvalue weighted by atomic mass is 19.4. The van der Waals surface area contributed by atoms with Crippen molar-refractivity contribution in [2.75, 3.05) is 7.11 Å². The maximum atomic E-state index is 12.6. The molecule has 2 nitrogen and oxygen atoms in total. The zero-order chi connectivity index (χ0) is 12.2. The van der Waals surface area contributed by atoms with E-state index in [0.29, 0.717) is 0 Å². The second kappa shape index (κ2) is 4.86. The van der Waals surface area contributed by atoms with Crippen LogP contribution in [0.15, 0.2) is 41.2 Å². The van der Waals surface area contributed by atoms with Gasteiger partial charge in [-0.3, -0.25) is 0 Å². The van der Waals surface area contributed by atoms with Crippen LogP contribution in [0.3, 0.4) is 0 Å². The van der Waals surface area contributed by atoms with E-state index in [0.717, 1.165) is 19.3 Å². The molecule has 0 saturated carbocycles. The summed E-state index contributed by atoms with van der Waals surface area (Å²) in [6.07, 6.45) is 0.235. The van der Waals surface area contributed by atoms with E-state index in [2.05, 4.69) is 10.5 Å². The van der Waals surface area contributed by atoms with Gasteiger partial charge in [0.25, 0.3) is 0 Å². The molecule has 0 aliphatic heterocycles. The average molecular weight is 230 g/mol. The molecule has 86 valence electrons. The van der Waals surface area contributed by atoms with Gasteiger partial charge in [-0.15, -0.1) is 5.73 Å². The lowest BCUT2D eigenvalue weighted by atomic mass is 10.0. The minimum atomic E-state index is -4.59.